The Hall–Kier alpha value is -0.0600. The highest BCUT2D eigenvalue weighted by molar-refractivity contribution is 14.1. The van der Waals surface area contributed by atoms with Gasteiger partial charge in [-0.3, -0.25) is 12.7 Å². The van der Waals surface area contributed by atoms with E-state index in [1.165, 1.54) is 3.11 Å². The summed E-state index contributed by atoms with van der Waals surface area (Å²) in [7, 11) is 0. The molecule has 0 aliphatic carbocycles. The molecule has 72 valence electrons. The third kappa shape index (κ3) is 2.97. The second-order valence-corrected chi connectivity index (χ2v) is 4.75. The number of carbonyl (C=O) groups excluding carboxylic acids is 1. The predicted molar refractivity (Wildman–Crippen MR) is 62.2 cm³/mol. The van der Waals surface area contributed by atoms with Gasteiger partial charge in [-0.1, -0.05) is 0 Å². The van der Waals surface area contributed by atoms with E-state index in [9.17, 15) is 9.59 Å². The quantitative estimate of drug-likeness (QED) is 0.543. The smallest absolute Gasteiger partial charge is 0.323 e. The van der Waals surface area contributed by atoms with Crippen molar-refractivity contribution in [2.75, 3.05) is 13.2 Å². The van der Waals surface area contributed by atoms with Crippen LogP contribution in [0.2, 0.25) is 0 Å². The van der Waals surface area contributed by atoms with Crippen molar-refractivity contribution >= 4 is 57.3 Å². The Morgan fingerprint density at radius 2 is 2.31 bits per heavy atom. The number of carboxylic acid groups (broad SMARTS) is 1. The number of carboxylic acids is 1. The molecule has 0 bridgehead atoms. The third-order valence-corrected chi connectivity index (χ3v) is 2.85. The summed E-state index contributed by atoms with van der Waals surface area (Å²) < 4.78 is 1.97. The average molecular weight is 408 g/mol. The Morgan fingerprint density at radius 1 is 1.69 bits per heavy atom. The molecule has 5 nitrogen and oxygen atoms in total. The molecule has 1 amide bonds. The van der Waals surface area contributed by atoms with Gasteiger partial charge in [-0.15, -0.1) is 0 Å². The number of aliphatic carboxylic acids is 1. The van der Waals surface area contributed by atoms with E-state index in [2.05, 4.69) is 0 Å². The summed E-state index contributed by atoms with van der Waals surface area (Å²) >= 11 is 3.75. The van der Waals surface area contributed by atoms with Crippen LogP contribution in [-0.2, 0) is 9.59 Å². The van der Waals surface area contributed by atoms with Crippen molar-refractivity contribution in [1.82, 2.24) is 8.01 Å². The zero-order valence-corrected chi connectivity index (χ0v) is 10.7. The molecule has 0 saturated carbocycles. The van der Waals surface area contributed by atoms with E-state index >= 15 is 0 Å². The third-order valence-electron chi connectivity index (χ3n) is 1.36. The molecule has 1 aliphatic heterocycles. The number of halogens is 2. The summed E-state index contributed by atoms with van der Waals surface area (Å²) in [4.78, 5) is 23.2. The topological polar surface area (TPSA) is 60.9 Å². The molecule has 0 radical (unpaired) electrons. The molecule has 0 unspecified atom stereocenters. The van der Waals surface area contributed by atoms with E-state index in [-0.39, 0.29) is 12.5 Å². The van der Waals surface area contributed by atoms with Gasteiger partial charge in [0.2, 0.25) is 0 Å². The lowest BCUT2D eigenvalue weighted by Gasteiger charge is -2.28. The van der Waals surface area contributed by atoms with Gasteiger partial charge in [0, 0.05) is 6.20 Å². The van der Waals surface area contributed by atoms with Crippen molar-refractivity contribution in [3.05, 3.63) is 9.78 Å². The van der Waals surface area contributed by atoms with E-state index in [0.29, 0.717) is 10.2 Å². The fourth-order valence-electron chi connectivity index (χ4n) is 0.865. The molecule has 0 aromatic rings. The molecular formula is C6H6I2N2O3. The number of amides is 1. The highest BCUT2D eigenvalue weighted by Crippen LogP contribution is 2.20. The maximum Gasteiger partial charge on any atom is 0.323 e. The molecule has 13 heavy (non-hydrogen) atoms. The van der Waals surface area contributed by atoms with Crippen LogP contribution in [0.15, 0.2) is 9.78 Å². The van der Waals surface area contributed by atoms with E-state index < -0.39 is 5.97 Å². The predicted octanol–water partition coefficient (Wildman–Crippen LogP) is 0.799. The van der Waals surface area contributed by atoms with Gasteiger partial charge in [-0.05, 0) is 22.6 Å². The second-order valence-electron chi connectivity index (χ2n) is 2.43. The summed E-state index contributed by atoms with van der Waals surface area (Å²) in [6, 6.07) is 0. The van der Waals surface area contributed by atoms with Crippen LogP contribution in [0.5, 0.6) is 0 Å². The van der Waals surface area contributed by atoms with Crippen LogP contribution in [0.25, 0.3) is 0 Å². The Bertz CT molecular complexity index is 279. The molecule has 0 spiro atoms. The maximum absolute atomic E-state index is 11.2. The zero-order chi connectivity index (χ0) is 10.0. The van der Waals surface area contributed by atoms with Gasteiger partial charge in [-0.2, -0.15) is 0 Å². The van der Waals surface area contributed by atoms with Crippen LogP contribution in [-0.4, -0.2) is 38.2 Å². The van der Waals surface area contributed by atoms with Crippen LogP contribution in [0, 0.1) is 0 Å². The van der Waals surface area contributed by atoms with Gasteiger partial charge in [0.25, 0.3) is 5.91 Å². The van der Waals surface area contributed by atoms with Gasteiger partial charge < -0.3 is 10.0 Å². The largest absolute Gasteiger partial charge is 0.480 e. The minimum absolute atomic E-state index is 0.0807. The standard InChI is InChI=1S/C6H6I2N2O3/c7-4-1-9(2-5(11)12)3-10(8)6(4)13/h1H,2-3H2,(H,11,12). The highest BCUT2D eigenvalue weighted by Gasteiger charge is 2.23. The van der Waals surface area contributed by atoms with Gasteiger partial charge in [0.15, 0.2) is 0 Å². The van der Waals surface area contributed by atoms with E-state index in [1.54, 1.807) is 11.1 Å². The van der Waals surface area contributed by atoms with Gasteiger partial charge in [-0.25, -0.2) is 0 Å². The summed E-state index contributed by atoms with van der Waals surface area (Å²) in [6.07, 6.45) is 1.56. The number of rotatable bonds is 2. The van der Waals surface area contributed by atoms with Crippen LogP contribution in [0.4, 0.5) is 0 Å². The SMILES string of the molecule is O=C(O)CN1C=C(I)C(=O)N(I)C1. The number of nitrogens with zero attached hydrogens (tertiary/aromatic N) is 2. The van der Waals surface area contributed by atoms with E-state index in [1.807, 2.05) is 45.5 Å². The number of hydrogen-bond donors (Lipinski definition) is 1. The van der Waals surface area contributed by atoms with Crippen molar-refractivity contribution in [3.8, 4) is 0 Å². The number of carbonyl (C=O) groups is 2. The molecule has 0 aromatic heterocycles. The minimum Gasteiger partial charge on any atom is -0.480 e. The summed E-state index contributed by atoms with van der Waals surface area (Å²) in [5, 5.41) is 8.52. The first-order valence-corrected chi connectivity index (χ1v) is 5.36. The second kappa shape index (κ2) is 4.44. The lowest BCUT2D eigenvalue weighted by atomic mass is 10.4. The molecule has 0 fully saturated rings. The average Bonchev–Trinajstić information content (AvgIpc) is 1.98. The normalized spacial score (nSPS) is 17.4. The van der Waals surface area contributed by atoms with Crippen LogP contribution in [0.3, 0.4) is 0 Å². The highest BCUT2D eigenvalue weighted by atomic mass is 127. The van der Waals surface area contributed by atoms with Crippen LogP contribution in [0.1, 0.15) is 0 Å². The first kappa shape index (κ1) is 11.0. The summed E-state index contributed by atoms with van der Waals surface area (Å²) in [5.41, 5.74) is 0. The van der Waals surface area contributed by atoms with Gasteiger partial charge >= 0.3 is 5.97 Å². The molecule has 7 heteroatoms. The summed E-state index contributed by atoms with van der Waals surface area (Å²) in [5.74, 6) is -0.984. The maximum atomic E-state index is 11.2. The van der Waals surface area contributed by atoms with Crippen LogP contribution < -0.4 is 0 Å². The van der Waals surface area contributed by atoms with Crippen molar-refractivity contribution in [1.29, 1.82) is 0 Å². The van der Waals surface area contributed by atoms with Crippen molar-refractivity contribution in [3.63, 3.8) is 0 Å². The van der Waals surface area contributed by atoms with Crippen molar-refractivity contribution < 1.29 is 14.7 Å². The molecule has 1 heterocycles. The molecule has 0 atom stereocenters. The molecular weight excluding hydrogens is 402 g/mol. The molecule has 1 rings (SSSR count). The lowest BCUT2D eigenvalue weighted by Crippen LogP contribution is -2.39. The molecule has 1 aliphatic rings. The lowest BCUT2D eigenvalue weighted by molar-refractivity contribution is -0.138. The Kier molecular flexibility index (Phi) is 3.76. The van der Waals surface area contributed by atoms with Crippen molar-refractivity contribution in [2.45, 2.75) is 0 Å². The molecule has 0 saturated heterocycles. The molecule has 0 aromatic carbocycles. The van der Waals surface area contributed by atoms with E-state index in [4.69, 9.17) is 5.11 Å². The van der Waals surface area contributed by atoms with Gasteiger partial charge in [0.05, 0.1) is 26.4 Å². The van der Waals surface area contributed by atoms with E-state index in [0.717, 1.165) is 0 Å². The first-order chi connectivity index (χ1) is 6.00. The fraction of sp³-hybridized carbons (Fsp3) is 0.333. The number of hydrogen-bond acceptors (Lipinski definition) is 3. The summed E-state index contributed by atoms with van der Waals surface area (Å²) in [6.45, 7) is 0.234. The monoisotopic (exact) mass is 408 g/mol. The Labute approximate surface area is 102 Å². The zero-order valence-electron chi connectivity index (χ0n) is 6.41. The Balaban J connectivity index is 2.71. The molecule has 1 N–H and O–H groups in total. The van der Waals surface area contributed by atoms with Gasteiger partial charge in [0.1, 0.15) is 13.2 Å². The van der Waals surface area contributed by atoms with Crippen molar-refractivity contribution in [2.24, 2.45) is 0 Å². The Morgan fingerprint density at radius 3 is 2.77 bits per heavy atom. The minimum atomic E-state index is -0.903. The fourth-order valence-corrected chi connectivity index (χ4v) is 2.66. The van der Waals surface area contributed by atoms with Crippen LogP contribution >= 0.6 is 45.5 Å². The first-order valence-electron chi connectivity index (χ1n) is 3.31.